The fourth-order valence-electron chi connectivity index (χ4n) is 2.04. The topological polar surface area (TPSA) is 34.2 Å². The van der Waals surface area contributed by atoms with E-state index in [0.717, 1.165) is 25.1 Å². The zero-order valence-electron chi connectivity index (χ0n) is 12.3. The maximum atomic E-state index is 5.27. The number of hydrogen-bond donors (Lipinski definition) is 1. The van der Waals surface area contributed by atoms with Gasteiger partial charge in [0.15, 0.2) is 0 Å². The van der Waals surface area contributed by atoms with Gasteiger partial charge >= 0.3 is 0 Å². The number of aromatic nitrogens is 1. The highest BCUT2D eigenvalue weighted by Crippen LogP contribution is 2.36. The minimum absolute atomic E-state index is 0.198. The fraction of sp³-hybridized carbons (Fsp3) is 0.667. The van der Waals surface area contributed by atoms with Gasteiger partial charge in [0.2, 0.25) is 0 Å². The quantitative estimate of drug-likeness (QED) is 0.803. The van der Waals surface area contributed by atoms with Crippen molar-refractivity contribution in [3.63, 3.8) is 0 Å². The zero-order chi connectivity index (χ0) is 13.6. The molecular weight excluding hydrogens is 224 g/mol. The predicted octanol–water partition coefficient (Wildman–Crippen LogP) is 3.57. The van der Waals surface area contributed by atoms with Crippen LogP contribution >= 0.6 is 0 Å². The number of nitrogens with one attached hydrogen (secondary N) is 1. The molecule has 102 valence electrons. The Hall–Kier alpha value is -1.09. The molecule has 1 heterocycles. The summed E-state index contributed by atoms with van der Waals surface area (Å²) in [5.41, 5.74) is 1.40. The van der Waals surface area contributed by atoms with E-state index in [9.17, 15) is 0 Å². The highest BCUT2D eigenvalue weighted by molar-refractivity contribution is 5.27. The van der Waals surface area contributed by atoms with Crippen molar-refractivity contribution < 1.29 is 4.74 Å². The van der Waals surface area contributed by atoms with E-state index in [0.29, 0.717) is 6.04 Å². The van der Waals surface area contributed by atoms with Crippen LogP contribution in [0.3, 0.4) is 0 Å². The lowest BCUT2D eigenvalue weighted by atomic mass is 9.78. The number of pyridine rings is 1. The normalized spacial score (nSPS) is 13.4. The molecule has 18 heavy (non-hydrogen) atoms. The zero-order valence-corrected chi connectivity index (χ0v) is 12.3. The molecule has 0 bridgehead atoms. The molecule has 1 unspecified atom stereocenters. The highest BCUT2D eigenvalue weighted by Gasteiger charge is 2.29. The van der Waals surface area contributed by atoms with E-state index in [2.05, 4.69) is 44.1 Å². The molecule has 0 saturated heterocycles. The van der Waals surface area contributed by atoms with Crippen molar-refractivity contribution in [1.29, 1.82) is 0 Å². The SMILES string of the molecule is CCCNC(c1cncc(OC)c1)C(C)(C)CC. The van der Waals surface area contributed by atoms with Crippen molar-refractivity contribution in [2.75, 3.05) is 13.7 Å². The summed E-state index contributed by atoms with van der Waals surface area (Å²) in [6.07, 6.45) is 5.94. The first-order chi connectivity index (χ1) is 8.55. The predicted molar refractivity (Wildman–Crippen MR) is 75.9 cm³/mol. The molecule has 0 aliphatic carbocycles. The summed E-state index contributed by atoms with van der Waals surface area (Å²) in [7, 11) is 1.68. The van der Waals surface area contributed by atoms with E-state index in [1.54, 1.807) is 13.3 Å². The van der Waals surface area contributed by atoms with Crippen LogP contribution in [0.4, 0.5) is 0 Å². The number of methoxy groups -OCH3 is 1. The second kappa shape index (κ2) is 6.74. The van der Waals surface area contributed by atoms with Gasteiger partial charge in [0.25, 0.3) is 0 Å². The lowest BCUT2D eigenvalue weighted by Gasteiger charge is -2.34. The van der Waals surface area contributed by atoms with Crippen molar-refractivity contribution in [3.8, 4) is 5.75 Å². The van der Waals surface area contributed by atoms with E-state index in [1.165, 1.54) is 5.56 Å². The summed E-state index contributed by atoms with van der Waals surface area (Å²) in [5.74, 6) is 0.822. The number of ether oxygens (including phenoxy) is 1. The summed E-state index contributed by atoms with van der Waals surface area (Å²) in [4.78, 5) is 4.27. The molecule has 3 nitrogen and oxygen atoms in total. The highest BCUT2D eigenvalue weighted by atomic mass is 16.5. The molecule has 1 aromatic rings. The summed E-state index contributed by atoms with van der Waals surface area (Å²) >= 11 is 0. The molecule has 1 atom stereocenters. The van der Waals surface area contributed by atoms with Crippen molar-refractivity contribution in [1.82, 2.24) is 10.3 Å². The molecule has 0 radical (unpaired) electrons. The van der Waals surface area contributed by atoms with Gasteiger partial charge in [-0.2, -0.15) is 0 Å². The molecular formula is C15H26N2O. The average Bonchev–Trinajstić information content (AvgIpc) is 2.39. The van der Waals surface area contributed by atoms with Crippen molar-refractivity contribution in [2.24, 2.45) is 5.41 Å². The first kappa shape index (κ1) is 15.0. The van der Waals surface area contributed by atoms with Crippen LogP contribution in [0.25, 0.3) is 0 Å². The second-order valence-corrected chi connectivity index (χ2v) is 5.39. The number of nitrogens with zero attached hydrogens (tertiary/aromatic N) is 1. The largest absolute Gasteiger partial charge is 0.495 e. The van der Waals surface area contributed by atoms with Crippen molar-refractivity contribution in [2.45, 2.75) is 46.6 Å². The van der Waals surface area contributed by atoms with Crippen LogP contribution in [0.5, 0.6) is 5.75 Å². The first-order valence-electron chi connectivity index (χ1n) is 6.77. The Morgan fingerprint density at radius 3 is 2.61 bits per heavy atom. The third-order valence-electron chi connectivity index (χ3n) is 3.59. The minimum atomic E-state index is 0.198. The van der Waals surface area contributed by atoms with Crippen LogP contribution in [0.2, 0.25) is 0 Å². The minimum Gasteiger partial charge on any atom is -0.495 e. The van der Waals surface area contributed by atoms with Gasteiger partial charge in [-0.15, -0.1) is 0 Å². The smallest absolute Gasteiger partial charge is 0.137 e. The lowest BCUT2D eigenvalue weighted by molar-refractivity contribution is 0.234. The molecule has 0 amide bonds. The van der Waals surface area contributed by atoms with Gasteiger partial charge in [-0.1, -0.05) is 27.7 Å². The van der Waals surface area contributed by atoms with E-state index >= 15 is 0 Å². The van der Waals surface area contributed by atoms with E-state index in [4.69, 9.17) is 4.74 Å². The van der Waals surface area contributed by atoms with Crippen LogP contribution < -0.4 is 10.1 Å². The number of hydrogen-bond acceptors (Lipinski definition) is 3. The van der Waals surface area contributed by atoms with Gasteiger partial charge in [0.05, 0.1) is 13.3 Å². The third kappa shape index (κ3) is 3.70. The number of rotatable bonds is 7. The molecule has 0 aliphatic rings. The maximum absolute atomic E-state index is 5.27. The maximum Gasteiger partial charge on any atom is 0.137 e. The molecule has 0 aromatic carbocycles. The Labute approximate surface area is 111 Å². The molecule has 1 aromatic heterocycles. The van der Waals surface area contributed by atoms with Gasteiger partial charge in [-0.25, -0.2) is 0 Å². The molecule has 1 N–H and O–H groups in total. The molecule has 0 saturated carbocycles. The standard InChI is InChI=1S/C15H26N2O/c1-6-8-17-14(15(3,4)7-2)12-9-13(18-5)11-16-10-12/h9-11,14,17H,6-8H2,1-5H3. The molecule has 0 fully saturated rings. The lowest BCUT2D eigenvalue weighted by Crippen LogP contribution is -2.34. The second-order valence-electron chi connectivity index (χ2n) is 5.39. The van der Waals surface area contributed by atoms with E-state index in [-0.39, 0.29) is 5.41 Å². The third-order valence-corrected chi connectivity index (χ3v) is 3.59. The Balaban J connectivity index is 3.00. The van der Waals surface area contributed by atoms with Gasteiger partial charge in [-0.05, 0) is 36.4 Å². The van der Waals surface area contributed by atoms with Crippen LogP contribution in [0, 0.1) is 5.41 Å². The van der Waals surface area contributed by atoms with Crippen LogP contribution in [0.15, 0.2) is 18.5 Å². The van der Waals surface area contributed by atoms with Crippen molar-refractivity contribution in [3.05, 3.63) is 24.0 Å². The van der Waals surface area contributed by atoms with Gasteiger partial charge in [0, 0.05) is 12.2 Å². The Morgan fingerprint density at radius 1 is 1.33 bits per heavy atom. The van der Waals surface area contributed by atoms with E-state index in [1.807, 2.05) is 6.20 Å². The van der Waals surface area contributed by atoms with Gasteiger partial charge in [0.1, 0.15) is 5.75 Å². The monoisotopic (exact) mass is 250 g/mol. The summed E-state index contributed by atoms with van der Waals surface area (Å²) in [6, 6.07) is 2.39. The molecule has 0 spiro atoms. The van der Waals surface area contributed by atoms with Crippen LogP contribution in [-0.2, 0) is 0 Å². The average molecular weight is 250 g/mol. The first-order valence-corrected chi connectivity index (χ1v) is 6.77. The summed E-state index contributed by atoms with van der Waals surface area (Å²) < 4.78 is 5.27. The molecule has 3 heteroatoms. The molecule has 1 rings (SSSR count). The Morgan fingerprint density at radius 2 is 2.06 bits per heavy atom. The Kier molecular flexibility index (Phi) is 5.60. The Bertz CT molecular complexity index is 363. The van der Waals surface area contributed by atoms with Crippen LogP contribution in [0.1, 0.15) is 52.1 Å². The summed E-state index contributed by atoms with van der Waals surface area (Å²) in [6.45, 7) is 10.0. The van der Waals surface area contributed by atoms with Gasteiger partial charge < -0.3 is 10.1 Å². The van der Waals surface area contributed by atoms with Crippen molar-refractivity contribution >= 4 is 0 Å². The molecule has 0 aliphatic heterocycles. The van der Waals surface area contributed by atoms with Crippen LogP contribution in [-0.4, -0.2) is 18.6 Å². The summed E-state index contributed by atoms with van der Waals surface area (Å²) in [5, 5.41) is 3.63. The fourth-order valence-corrected chi connectivity index (χ4v) is 2.04. The van der Waals surface area contributed by atoms with Gasteiger partial charge in [-0.3, -0.25) is 4.98 Å². The van der Waals surface area contributed by atoms with E-state index < -0.39 is 0 Å².